The van der Waals surface area contributed by atoms with E-state index in [1.165, 1.54) is 22.1 Å². The highest BCUT2D eigenvalue weighted by atomic mass is 16.5. The number of anilines is 6. The molecule has 6 nitrogen and oxygen atoms in total. The fourth-order valence-electron chi connectivity index (χ4n) is 11.9. The van der Waals surface area contributed by atoms with Gasteiger partial charge in [-0.3, -0.25) is 0 Å². The van der Waals surface area contributed by atoms with Gasteiger partial charge in [0.25, 0.3) is 20.1 Å². The fourth-order valence-corrected chi connectivity index (χ4v) is 11.9. The molecule has 65 heavy (non-hydrogen) atoms. The van der Waals surface area contributed by atoms with E-state index in [1.54, 1.807) is 0 Å². The molecule has 0 aliphatic carbocycles. The third-order valence-corrected chi connectivity index (χ3v) is 14.6. The third-order valence-electron chi connectivity index (χ3n) is 14.6. The Kier molecular flexibility index (Phi) is 6.98. The van der Waals surface area contributed by atoms with E-state index < -0.39 is 0 Å². The summed E-state index contributed by atoms with van der Waals surface area (Å²) in [6, 6.07) is 62.9. The molecular weight excluding hydrogens is 797 g/mol. The van der Waals surface area contributed by atoms with Crippen LogP contribution in [0.1, 0.15) is 11.1 Å². The number of ether oxygens (including phenoxy) is 4. The van der Waals surface area contributed by atoms with Crippen LogP contribution in [0.2, 0.25) is 0 Å². The zero-order valence-electron chi connectivity index (χ0n) is 35.5. The molecule has 9 aromatic carbocycles. The van der Waals surface area contributed by atoms with Gasteiger partial charge < -0.3 is 28.7 Å². The monoisotopic (exact) mass is 832 g/mol. The summed E-state index contributed by atoms with van der Waals surface area (Å²) >= 11 is 0. The second kappa shape index (κ2) is 12.8. The van der Waals surface area contributed by atoms with Crippen molar-refractivity contribution < 1.29 is 18.9 Å². The molecule has 0 unspecified atom stereocenters. The standard InChI is InChI=1S/C56H35B3N2O4/c1-32-15-3-8-20-39(32)60-41-22-13-23-42-52(41)59(37-29-38-50(30-43(37)60)64-49-28-14-27-48-54(49)58(38)35-18-6-10-24-45(35)62-48)53-44(61(42)40-21-9-4-16-33(40)2)31-51-55-56(53)65-47-26-12-7-19-36(47)57(55)34-17-5-11-25-46(34)63-51/h3-31H,1-2H3. The molecule has 0 bridgehead atoms. The predicted molar refractivity (Wildman–Crippen MR) is 265 cm³/mol. The first-order chi connectivity index (χ1) is 32.1. The van der Waals surface area contributed by atoms with Crippen LogP contribution < -0.4 is 77.9 Å². The van der Waals surface area contributed by atoms with E-state index >= 15 is 0 Å². The SMILES string of the molecule is Cc1ccccc1N1c2cc3c(cc2B2c4c1cccc4N(c1ccccc1C)c1cc4c5c(c12)Oc1ccccc1B5c1ccccc1O4)B1c2ccccc2Oc2cccc(c21)O3. The van der Waals surface area contributed by atoms with Gasteiger partial charge in [0, 0.05) is 57.2 Å². The van der Waals surface area contributed by atoms with Crippen molar-refractivity contribution >= 4 is 103 Å². The Morgan fingerprint density at radius 2 is 0.754 bits per heavy atom. The zero-order chi connectivity index (χ0) is 42.7. The Morgan fingerprint density at radius 1 is 0.292 bits per heavy atom. The van der Waals surface area contributed by atoms with Crippen LogP contribution in [0.15, 0.2) is 176 Å². The maximum absolute atomic E-state index is 7.42. The van der Waals surface area contributed by atoms with Crippen LogP contribution in [0.5, 0.6) is 46.0 Å². The lowest BCUT2D eigenvalue weighted by molar-refractivity contribution is 0.464. The first kappa shape index (κ1) is 35.4. The molecule has 0 radical (unpaired) electrons. The Balaban J connectivity index is 1.08. The Hall–Kier alpha value is -8.03. The average Bonchev–Trinajstić information content (AvgIpc) is 3.34. The van der Waals surface area contributed by atoms with Crippen LogP contribution in [0, 0.1) is 13.8 Å². The minimum atomic E-state index is -0.243. The molecule has 0 amide bonds. The molecule has 0 N–H and O–H groups in total. The molecule has 0 saturated heterocycles. The lowest BCUT2D eigenvalue weighted by Gasteiger charge is -2.46. The molecule has 9 heteroatoms. The lowest BCUT2D eigenvalue weighted by atomic mass is 9.29. The molecule has 6 aliphatic heterocycles. The average molecular weight is 832 g/mol. The lowest BCUT2D eigenvalue weighted by Crippen LogP contribution is -2.66. The smallest absolute Gasteiger partial charge is 0.260 e. The van der Waals surface area contributed by atoms with E-state index in [1.807, 2.05) is 6.07 Å². The molecule has 0 aromatic heterocycles. The Bertz CT molecular complexity index is 3580. The quantitative estimate of drug-likeness (QED) is 0.166. The van der Waals surface area contributed by atoms with Gasteiger partial charge in [-0.1, -0.05) is 109 Å². The summed E-state index contributed by atoms with van der Waals surface area (Å²) in [4.78, 5) is 4.93. The number of para-hydroxylation sites is 5. The number of fused-ring (bicyclic) bond motifs is 13. The zero-order valence-corrected chi connectivity index (χ0v) is 35.5. The van der Waals surface area contributed by atoms with Crippen molar-refractivity contribution in [3.8, 4) is 46.0 Å². The molecule has 302 valence electrons. The molecule has 0 fully saturated rings. The molecule has 0 atom stereocenters. The van der Waals surface area contributed by atoms with Crippen LogP contribution in [0.3, 0.4) is 0 Å². The number of hydrogen-bond acceptors (Lipinski definition) is 6. The van der Waals surface area contributed by atoms with Crippen molar-refractivity contribution in [2.45, 2.75) is 13.8 Å². The van der Waals surface area contributed by atoms with Crippen molar-refractivity contribution in [3.63, 3.8) is 0 Å². The maximum Gasteiger partial charge on any atom is 0.260 e. The summed E-state index contributed by atoms with van der Waals surface area (Å²) in [6.07, 6.45) is 0. The number of nitrogens with zero attached hydrogens (tertiary/aromatic N) is 2. The van der Waals surface area contributed by atoms with Gasteiger partial charge in [-0.05, 0) is 118 Å². The van der Waals surface area contributed by atoms with Gasteiger partial charge >= 0.3 is 0 Å². The van der Waals surface area contributed by atoms with Gasteiger partial charge in [0.1, 0.15) is 46.0 Å². The highest BCUT2D eigenvalue weighted by molar-refractivity contribution is 7.04. The maximum atomic E-state index is 7.42. The van der Waals surface area contributed by atoms with Crippen molar-refractivity contribution in [2.24, 2.45) is 0 Å². The second-order valence-corrected chi connectivity index (χ2v) is 17.9. The van der Waals surface area contributed by atoms with E-state index in [2.05, 4.69) is 194 Å². The van der Waals surface area contributed by atoms with E-state index in [0.717, 1.165) is 118 Å². The minimum absolute atomic E-state index is 0.0825. The second-order valence-electron chi connectivity index (χ2n) is 17.9. The van der Waals surface area contributed by atoms with E-state index in [-0.39, 0.29) is 20.1 Å². The van der Waals surface area contributed by atoms with Gasteiger partial charge in [0.2, 0.25) is 0 Å². The number of aryl methyl sites for hydroxylation is 2. The summed E-state index contributed by atoms with van der Waals surface area (Å²) in [7, 11) is 0. The predicted octanol–water partition coefficient (Wildman–Crippen LogP) is 7.84. The van der Waals surface area contributed by atoms with E-state index in [0.29, 0.717) is 0 Å². The summed E-state index contributed by atoms with van der Waals surface area (Å²) in [5, 5.41) is 0. The molecule has 0 spiro atoms. The van der Waals surface area contributed by atoms with E-state index in [4.69, 9.17) is 18.9 Å². The number of hydrogen-bond donors (Lipinski definition) is 0. The van der Waals surface area contributed by atoms with E-state index in [9.17, 15) is 0 Å². The summed E-state index contributed by atoms with van der Waals surface area (Å²) in [5.41, 5.74) is 19.1. The van der Waals surface area contributed by atoms with Crippen LogP contribution >= 0.6 is 0 Å². The summed E-state index contributed by atoms with van der Waals surface area (Å²) < 4.78 is 28.1. The first-order valence-corrected chi connectivity index (χ1v) is 22.4. The van der Waals surface area contributed by atoms with Gasteiger partial charge in [-0.25, -0.2) is 0 Å². The third kappa shape index (κ3) is 4.66. The Labute approximate surface area is 377 Å². The molecule has 6 aliphatic rings. The number of rotatable bonds is 2. The van der Waals surface area contributed by atoms with Crippen LogP contribution in [-0.4, -0.2) is 20.1 Å². The molecule has 6 heterocycles. The normalized spacial score (nSPS) is 14.3. The van der Waals surface area contributed by atoms with Gasteiger partial charge in [0.05, 0.1) is 0 Å². The minimum Gasteiger partial charge on any atom is -0.459 e. The molecule has 15 rings (SSSR count). The largest absolute Gasteiger partial charge is 0.459 e. The van der Waals surface area contributed by atoms with Gasteiger partial charge in [-0.2, -0.15) is 0 Å². The fraction of sp³-hybridized carbons (Fsp3) is 0.0357. The highest BCUT2D eigenvalue weighted by Gasteiger charge is 2.51. The Morgan fingerprint density at radius 3 is 1.38 bits per heavy atom. The van der Waals surface area contributed by atoms with Crippen molar-refractivity contribution in [1.29, 1.82) is 0 Å². The molecule has 0 saturated carbocycles. The van der Waals surface area contributed by atoms with Gasteiger partial charge in [0.15, 0.2) is 0 Å². The number of benzene rings is 9. The topological polar surface area (TPSA) is 43.4 Å². The first-order valence-electron chi connectivity index (χ1n) is 22.4. The van der Waals surface area contributed by atoms with Gasteiger partial charge in [-0.15, -0.1) is 0 Å². The summed E-state index contributed by atoms with van der Waals surface area (Å²) in [5.74, 6) is 6.76. The molecular formula is C56H35B3N2O4. The summed E-state index contributed by atoms with van der Waals surface area (Å²) in [6.45, 7) is 3.98. The van der Waals surface area contributed by atoms with Crippen LogP contribution in [0.4, 0.5) is 34.1 Å². The van der Waals surface area contributed by atoms with Crippen molar-refractivity contribution in [1.82, 2.24) is 0 Å². The van der Waals surface area contributed by atoms with Crippen molar-refractivity contribution in [3.05, 3.63) is 187 Å². The molecule has 9 aromatic rings. The van der Waals surface area contributed by atoms with Crippen LogP contribution in [-0.2, 0) is 0 Å². The van der Waals surface area contributed by atoms with Crippen LogP contribution in [0.25, 0.3) is 0 Å². The highest BCUT2D eigenvalue weighted by Crippen LogP contribution is 2.49. The van der Waals surface area contributed by atoms with Crippen molar-refractivity contribution in [2.75, 3.05) is 9.80 Å².